The molecule has 0 spiro atoms. The Bertz CT molecular complexity index is 756. The predicted molar refractivity (Wildman–Crippen MR) is 76.2 cm³/mol. The molecule has 19 heavy (non-hydrogen) atoms. The van der Waals surface area contributed by atoms with Crippen molar-refractivity contribution in [2.24, 2.45) is 7.05 Å². The number of nitrogen functional groups attached to an aromatic ring is 1. The maximum absolute atomic E-state index is 6.25. The van der Waals surface area contributed by atoms with Crippen LogP contribution in [0.25, 0.3) is 10.9 Å². The second-order valence-electron chi connectivity index (χ2n) is 4.60. The smallest absolute Gasteiger partial charge is 0.132 e. The molecule has 2 N–H and O–H groups in total. The minimum Gasteiger partial charge on any atom is -0.399 e. The molecule has 0 bridgehead atoms. The number of nitrogens with zero attached hydrogens (tertiary/aromatic N) is 4. The van der Waals surface area contributed by atoms with Gasteiger partial charge in [-0.05, 0) is 25.1 Å². The van der Waals surface area contributed by atoms with Gasteiger partial charge in [-0.1, -0.05) is 11.6 Å². The molecule has 6 heteroatoms. The molecule has 0 fully saturated rings. The van der Waals surface area contributed by atoms with Gasteiger partial charge in [-0.2, -0.15) is 10.2 Å². The van der Waals surface area contributed by atoms with E-state index in [4.69, 9.17) is 17.3 Å². The largest absolute Gasteiger partial charge is 0.399 e. The van der Waals surface area contributed by atoms with Crippen molar-refractivity contribution >= 4 is 28.2 Å². The molecule has 2 aromatic heterocycles. The fourth-order valence-corrected chi connectivity index (χ4v) is 2.45. The van der Waals surface area contributed by atoms with E-state index < -0.39 is 0 Å². The van der Waals surface area contributed by atoms with Crippen LogP contribution in [0.4, 0.5) is 5.69 Å². The summed E-state index contributed by atoms with van der Waals surface area (Å²) < 4.78 is 3.56. The van der Waals surface area contributed by atoms with Gasteiger partial charge in [0.2, 0.25) is 0 Å². The van der Waals surface area contributed by atoms with Gasteiger partial charge >= 0.3 is 0 Å². The summed E-state index contributed by atoms with van der Waals surface area (Å²) in [5.74, 6) is 0. The Morgan fingerprint density at radius 3 is 2.84 bits per heavy atom. The van der Waals surface area contributed by atoms with Gasteiger partial charge < -0.3 is 5.73 Å². The normalized spacial score (nSPS) is 11.3. The van der Waals surface area contributed by atoms with E-state index in [-0.39, 0.29) is 0 Å². The quantitative estimate of drug-likeness (QED) is 0.731. The highest BCUT2D eigenvalue weighted by Gasteiger charge is 2.13. The molecule has 2 heterocycles. The van der Waals surface area contributed by atoms with E-state index in [1.165, 1.54) is 0 Å². The van der Waals surface area contributed by atoms with Crippen LogP contribution in [0.1, 0.15) is 11.3 Å². The van der Waals surface area contributed by atoms with Crippen LogP contribution in [-0.4, -0.2) is 19.6 Å². The van der Waals surface area contributed by atoms with Crippen molar-refractivity contribution in [3.63, 3.8) is 0 Å². The van der Waals surface area contributed by atoms with Crippen LogP contribution in [0.2, 0.25) is 5.15 Å². The summed E-state index contributed by atoms with van der Waals surface area (Å²) in [7, 11) is 1.83. The monoisotopic (exact) mass is 275 g/mol. The van der Waals surface area contributed by atoms with E-state index in [9.17, 15) is 0 Å². The Balaban J connectivity index is 2.08. The van der Waals surface area contributed by atoms with Gasteiger partial charge in [-0.25, -0.2) is 0 Å². The maximum atomic E-state index is 6.25. The summed E-state index contributed by atoms with van der Waals surface area (Å²) in [6.45, 7) is 2.53. The first-order valence-corrected chi connectivity index (χ1v) is 6.33. The van der Waals surface area contributed by atoms with Crippen LogP contribution < -0.4 is 5.73 Å². The second-order valence-corrected chi connectivity index (χ2v) is 4.96. The highest BCUT2D eigenvalue weighted by Crippen LogP contribution is 2.23. The summed E-state index contributed by atoms with van der Waals surface area (Å²) in [6, 6.07) is 5.75. The minimum atomic E-state index is 0.589. The topological polar surface area (TPSA) is 61.7 Å². The number of hydrogen-bond acceptors (Lipinski definition) is 3. The van der Waals surface area contributed by atoms with Crippen LogP contribution in [0, 0.1) is 6.92 Å². The molecule has 0 saturated heterocycles. The number of nitrogens with two attached hydrogens (primary N) is 1. The zero-order valence-corrected chi connectivity index (χ0v) is 11.5. The molecule has 0 amide bonds. The number of aromatic nitrogens is 4. The molecule has 0 aliphatic rings. The van der Waals surface area contributed by atoms with Gasteiger partial charge in [-0.3, -0.25) is 9.36 Å². The van der Waals surface area contributed by atoms with Crippen molar-refractivity contribution in [3.05, 3.63) is 40.8 Å². The molecular weight excluding hydrogens is 262 g/mol. The Kier molecular flexibility index (Phi) is 2.71. The fourth-order valence-electron chi connectivity index (χ4n) is 2.22. The van der Waals surface area contributed by atoms with Gasteiger partial charge in [0, 0.05) is 23.7 Å². The van der Waals surface area contributed by atoms with E-state index in [0.717, 1.165) is 27.8 Å². The Labute approximate surface area is 115 Å². The third kappa shape index (κ3) is 1.96. The first kappa shape index (κ1) is 12.0. The Morgan fingerprint density at radius 1 is 1.37 bits per heavy atom. The molecule has 0 saturated carbocycles. The van der Waals surface area contributed by atoms with Gasteiger partial charge in [-0.15, -0.1) is 0 Å². The van der Waals surface area contributed by atoms with Gasteiger partial charge in [0.1, 0.15) is 5.15 Å². The lowest BCUT2D eigenvalue weighted by atomic mass is 10.2. The first-order valence-electron chi connectivity index (χ1n) is 5.95. The number of halogens is 1. The lowest BCUT2D eigenvalue weighted by molar-refractivity contribution is 0.708. The number of fused-ring (bicyclic) bond motifs is 1. The van der Waals surface area contributed by atoms with Gasteiger partial charge in [0.25, 0.3) is 0 Å². The molecule has 0 aliphatic heterocycles. The molecule has 3 rings (SSSR count). The predicted octanol–water partition coefficient (Wildman–Crippen LogP) is 2.36. The van der Waals surface area contributed by atoms with Crippen molar-refractivity contribution in [3.8, 4) is 0 Å². The highest BCUT2D eigenvalue weighted by atomic mass is 35.5. The molecule has 0 radical (unpaired) electrons. The van der Waals surface area contributed by atoms with Crippen molar-refractivity contribution in [1.29, 1.82) is 0 Å². The number of hydrogen-bond donors (Lipinski definition) is 1. The van der Waals surface area contributed by atoms with Crippen LogP contribution in [0.5, 0.6) is 0 Å². The minimum absolute atomic E-state index is 0.589. The molecule has 5 nitrogen and oxygen atoms in total. The number of rotatable bonds is 2. The molecular formula is C13H14ClN5. The molecule has 3 aromatic rings. The lowest BCUT2D eigenvalue weighted by Gasteiger charge is -2.04. The highest BCUT2D eigenvalue weighted by molar-refractivity contribution is 6.30. The van der Waals surface area contributed by atoms with E-state index in [1.54, 1.807) is 4.68 Å². The maximum Gasteiger partial charge on any atom is 0.132 e. The standard InChI is InChI=1S/C13H14ClN5/c1-8-11(13(14)18(2)17-8)7-19-12-5-10(15)4-3-9(12)6-16-19/h3-6H,7,15H2,1-2H3. The number of anilines is 1. The number of aryl methyl sites for hydroxylation is 2. The van der Waals surface area contributed by atoms with Crippen LogP contribution in [0.15, 0.2) is 24.4 Å². The average molecular weight is 276 g/mol. The van der Waals surface area contributed by atoms with Crippen LogP contribution in [-0.2, 0) is 13.6 Å². The summed E-state index contributed by atoms with van der Waals surface area (Å²) in [6.07, 6.45) is 1.83. The van der Waals surface area contributed by atoms with Crippen molar-refractivity contribution < 1.29 is 0 Å². The first-order chi connectivity index (χ1) is 9.06. The lowest BCUT2D eigenvalue weighted by Crippen LogP contribution is -2.03. The zero-order chi connectivity index (χ0) is 13.6. The molecule has 0 aliphatic carbocycles. The van der Waals surface area contributed by atoms with Crippen molar-refractivity contribution in [2.45, 2.75) is 13.5 Å². The summed E-state index contributed by atoms with van der Waals surface area (Å²) in [5.41, 5.74) is 9.45. The Morgan fingerprint density at radius 2 is 2.16 bits per heavy atom. The summed E-state index contributed by atoms with van der Waals surface area (Å²) in [5, 5.41) is 10.4. The van der Waals surface area contributed by atoms with Crippen LogP contribution >= 0.6 is 11.6 Å². The molecule has 0 unspecified atom stereocenters. The van der Waals surface area contributed by atoms with Crippen LogP contribution in [0.3, 0.4) is 0 Å². The van der Waals surface area contributed by atoms with Gasteiger partial charge in [0.15, 0.2) is 0 Å². The average Bonchev–Trinajstić information content (AvgIpc) is 2.86. The number of benzene rings is 1. The third-order valence-electron chi connectivity index (χ3n) is 3.25. The van der Waals surface area contributed by atoms with E-state index in [0.29, 0.717) is 11.7 Å². The van der Waals surface area contributed by atoms with Crippen molar-refractivity contribution in [2.75, 3.05) is 5.73 Å². The van der Waals surface area contributed by atoms with E-state index in [2.05, 4.69) is 10.2 Å². The third-order valence-corrected chi connectivity index (χ3v) is 3.72. The fraction of sp³-hybridized carbons (Fsp3) is 0.231. The molecule has 0 atom stereocenters. The van der Waals surface area contributed by atoms with Crippen molar-refractivity contribution in [1.82, 2.24) is 19.6 Å². The molecule has 98 valence electrons. The van der Waals surface area contributed by atoms with E-state index >= 15 is 0 Å². The second kappa shape index (κ2) is 4.28. The summed E-state index contributed by atoms with van der Waals surface area (Å²) in [4.78, 5) is 0. The van der Waals surface area contributed by atoms with Gasteiger partial charge in [0.05, 0.1) is 24.0 Å². The Hall–Kier alpha value is -2.01. The molecule has 1 aromatic carbocycles. The SMILES string of the molecule is Cc1nn(C)c(Cl)c1Cn1ncc2ccc(N)cc21. The zero-order valence-electron chi connectivity index (χ0n) is 10.8. The van der Waals surface area contributed by atoms with E-state index in [1.807, 2.05) is 43.0 Å². The summed E-state index contributed by atoms with van der Waals surface area (Å²) >= 11 is 6.25.